The number of rotatable bonds is 10. The zero-order valence-corrected chi connectivity index (χ0v) is 24.4. The van der Waals surface area contributed by atoms with Crippen LogP contribution >= 0.6 is 11.6 Å². The number of anilines is 3. The van der Waals surface area contributed by atoms with Crippen molar-refractivity contribution in [2.24, 2.45) is 0 Å². The molecule has 0 atom stereocenters. The van der Waals surface area contributed by atoms with Crippen LogP contribution in [0, 0.1) is 0 Å². The van der Waals surface area contributed by atoms with Gasteiger partial charge in [0.1, 0.15) is 0 Å². The summed E-state index contributed by atoms with van der Waals surface area (Å²) in [7, 11) is 0.293. The fraction of sp³-hybridized carbons (Fsp3) is 0.241. The van der Waals surface area contributed by atoms with Gasteiger partial charge in [0.25, 0.3) is 5.91 Å². The lowest BCUT2D eigenvalue weighted by atomic mass is 9.98. The van der Waals surface area contributed by atoms with Gasteiger partial charge in [0.15, 0.2) is 0 Å². The average Bonchev–Trinajstić information content (AvgIpc) is 3.20. The SMILES string of the molecule is CC(=O)NCc1cccc(/C(Nc2ccc(N(CCN(C)C)S(C)(=O)=O)cc2)=C2/C(=O)Nc3cc(Cl)ccc32)c1. The van der Waals surface area contributed by atoms with Gasteiger partial charge in [-0.15, -0.1) is 0 Å². The number of sulfonamides is 1. The maximum Gasteiger partial charge on any atom is 0.258 e. The van der Waals surface area contributed by atoms with Crippen molar-refractivity contribution in [1.82, 2.24) is 10.2 Å². The molecule has 9 nitrogen and oxygen atoms in total. The summed E-state index contributed by atoms with van der Waals surface area (Å²) in [5, 5.41) is 9.58. The minimum Gasteiger partial charge on any atom is -0.354 e. The Labute approximate surface area is 239 Å². The quantitative estimate of drug-likeness (QED) is 0.309. The minimum absolute atomic E-state index is 0.142. The summed E-state index contributed by atoms with van der Waals surface area (Å²) in [6, 6.07) is 19.8. The van der Waals surface area contributed by atoms with Gasteiger partial charge in [-0.2, -0.15) is 0 Å². The van der Waals surface area contributed by atoms with Gasteiger partial charge in [-0.3, -0.25) is 13.9 Å². The Bertz CT molecular complexity index is 1570. The first-order valence-electron chi connectivity index (χ1n) is 12.6. The molecule has 3 N–H and O–H groups in total. The number of likely N-dealkylation sites (N-methyl/N-ethyl adjacent to an activating group) is 1. The van der Waals surface area contributed by atoms with Crippen molar-refractivity contribution < 1.29 is 18.0 Å². The van der Waals surface area contributed by atoms with Crippen LogP contribution in [0.25, 0.3) is 11.3 Å². The molecule has 0 spiro atoms. The molecule has 3 aromatic carbocycles. The summed E-state index contributed by atoms with van der Waals surface area (Å²) in [5.41, 5.74) is 5.12. The molecule has 0 radical (unpaired) electrons. The van der Waals surface area contributed by atoms with E-state index in [2.05, 4.69) is 16.0 Å². The first-order valence-corrected chi connectivity index (χ1v) is 14.8. The van der Waals surface area contributed by atoms with E-state index < -0.39 is 10.0 Å². The third-order valence-corrected chi connectivity index (χ3v) is 7.74. The zero-order chi connectivity index (χ0) is 29.0. The van der Waals surface area contributed by atoms with Crippen molar-refractivity contribution >= 4 is 61.8 Å². The molecule has 11 heteroatoms. The normalized spacial score (nSPS) is 14.0. The molecule has 4 rings (SSSR count). The lowest BCUT2D eigenvalue weighted by Gasteiger charge is -2.24. The average molecular weight is 582 g/mol. The molecular formula is C29H32ClN5O4S. The summed E-state index contributed by atoms with van der Waals surface area (Å²) in [6.45, 7) is 2.68. The second kappa shape index (κ2) is 12.1. The second-order valence-electron chi connectivity index (χ2n) is 9.81. The molecule has 2 amide bonds. The smallest absolute Gasteiger partial charge is 0.258 e. The number of hydrogen-bond acceptors (Lipinski definition) is 6. The van der Waals surface area contributed by atoms with Gasteiger partial charge in [0, 0.05) is 42.8 Å². The topological polar surface area (TPSA) is 111 Å². The summed E-state index contributed by atoms with van der Waals surface area (Å²) < 4.78 is 26.3. The highest BCUT2D eigenvalue weighted by atomic mass is 35.5. The van der Waals surface area contributed by atoms with Crippen LogP contribution in [0.15, 0.2) is 66.7 Å². The molecule has 1 aliphatic heterocycles. The Kier molecular flexibility index (Phi) is 8.82. The Morgan fingerprint density at radius 2 is 1.73 bits per heavy atom. The van der Waals surface area contributed by atoms with Crippen LogP contribution in [0.5, 0.6) is 0 Å². The summed E-state index contributed by atoms with van der Waals surface area (Å²) in [5.74, 6) is -0.424. The lowest BCUT2D eigenvalue weighted by molar-refractivity contribution is -0.119. The first-order chi connectivity index (χ1) is 18.9. The van der Waals surface area contributed by atoms with Crippen molar-refractivity contribution in [2.45, 2.75) is 13.5 Å². The molecule has 1 heterocycles. The zero-order valence-electron chi connectivity index (χ0n) is 22.8. The highest BCUT2D eigenvalue weighted by molar-refractivity contribution is 7.92. The van der Waals surface area contributed by atoms with Gasteiger partial charge in [0.05, 0.1) is 28.9 Å². The van der Waals surface area contributed by atoms with Crippen LogP contribution in [0.1, 0.15) is 23.6 Å². The summed E-state index contributed by atoms with van der Waals surface area (Å²) in [4.78, 5) is 26.6. The van der Waals surface area contributed by atoms with Crippen LogP contribution < -0.4 is 20.3 Å². The Morgan fingerprint density at radius 3 is 2.38 bits per heavy atom. The van der Waals surface area contributed by atoms with Crippen LogP contribution in [0.2, 0.25) is 5.02 Å². The summed E-state index contributed by atoms with van der Waals surface area (Å²) >= 11 is 6.17. The number of fused-ring (bicyclic) bond motifs is 1. The van der Waals surface area contributed by atoms with Crippen molar-refractivity contribution in [2.75, 3.05) is 48.4 Å². The van der Waals surface area contributed by atoms with Crippen molar-refractivity contribution in [3.05, 3.63) is 88.4 Å². The molecule has 40 heavy (non-hydrogen) atoms. The molecule has 0 aromatic heterocycles. The molecule has 210 valence electrons. The minimum atomic E-state index is -3.48. The molecule has 0 saturated heterocycles. The van der Waals surface area contributed by atoms with Crippen LogP contribution in [-0.2, 0) is 26.2 Å². The van der Waals surface area contributed by atoms with Crippen molar-refractivity contribution in [1.29, 1.82) is 0 Å². The first kappa shape index (κ1) is 29.1. The van der Waals surface area contributed by atoms with Crippen LogP contribution in [0.4, 0.5) is 17.1 Å². The van der Waals surface area contributed by atoms with E-state index >= 15 is 0 Å². The number of hydrogen-bond donors (Lipinski definition) is 3. The van der Waals surface area contributed by atoms with Crippen LogP contribution in [0.3, 0.4) is 0 Å². The largest absolute Gasteiger partial charge is 0.354 e. The molecule has 0 saturated carbocycles. The van der Waals surface area contributed by atoms with Gasteiger partial charge in [-0.05, 0) is 67.7 Å². The third kappa shape index (κ3) is 7.01. The number of nitrogens with zero attached hydrogens (tertiary/aromatic N) is 2. The Morgan fingerprint density at radius 1 is 1.00 bits per heavy atom. The lowest BCUT2D eigenvalue weighted by Crippen LogP contribution is -2.35. The highest BCUT2D eigenvalue weighted by Crippen LogP contribution is 2.39. The van der Waals surface area contributed by atoms with Crippen LogP contribution in [-0.4, -0.2) is 58.6 Å². The predicted octanol–water partition coefficient (Wildman–Crippen LogP) is 4.24. The van der Waals surface area contributed by atoms with E-state index in [1.807, 2.05) is 43.3 Å². The number of halogens is 1. The molecule has 0 fully saturated rings. The van der Waals surface area contributed by atoms with Crippen molar-refractivity contribution in [3.63, 3.8) is 0 Å². The van der Waals surface area contributed by atoms with E-state index in [9.17, 15) is 18.0 Å². The Hall–Kier alpha value is -3.86. The van der Waals surface area contributed by atoms with E-state index in [0.717, 1.165) is 11.1 Å². The fourth-order valence-electron chi connectivity index (χ4n) is 4.37. The number of amides is 2. The van der Waals surface area contributed by atoms with Gasteiger partial charge in [-0.1, -0.05) is 35.9 Å². The molecule has 0 bridgehead atoms. The predicted molar refractivity (Wildman–Crippen MR) is 162 cm³/mol. The Balaban J connectivity index is 1.76. The molecule has 1 aliphatic rings. The van der Waals surface area contributed by atoms with E-state index in [4.69, 9.17) is 11.6 Å². The molecule has 0 unspecified atom stereocenters. The van der Waals surface area contributed by atoms with Gasteiger partial charge < -0.3 is 20.9 Å². The van der Waals surface area contributed by atoms with E-state index in [1.54, 1.807) is 42.5 Å². The number of carbonyl (C=O) groups excluding carboxylic acids is 2. The fourth-order valence-corrected chi connectivity index (χ4v) is 5.46. The van der Waals surface area contributed by atoms with E-state index in [0.29, 0.717) is 58.6 Å². The molecule has 3 aromatic rings. The van der Waals surface area contributed by atoms with Crippen molar-refractivity contribution in [3.8, 4) is 0 Å². The van der Waals surface area contributed by atoms with E-state index in [-0.39, 0.29) is 11.8 Å². The standard InChI is InChI=1S/C29H32ClN5O4S/c1-19(36)31-18-20-6-5-7-21(16-20)28(27-25-13-8-22(30)17-26(25)33-29(27)37)32-23-9-11-24(12-10-23)35(40(4,38)39)15-14-34(2)3/h5-13,16-17,32H,14-15,18H2,1-4H3,(H,31,36)(H,33,37)/b28-27-. The molecule has 0 aliphatic carbocycles. The monoisotopic (exact) mass is 581 g/mol. The number of carbonyl (C=O) groups is 2. The van der Waals surface area contributed by atoms with Gasteiger partial charge >= 0.3 is 0 Å². The maximum absolute atomic E-state index is 13.2. The second-order valence-corrected chi connectivity index (χ2v) is 12.2. The van der Waals surface area contributed by atoms with Gasteiger partial charge in [-0.25, -0.2) is 8.42 Å². The maximum atomic E-state index is 13.2. The number of nitrogens with one attached hydrogen (secondary N) is 3. The third-order valence-electron chi connectivity index (χ3n) is 6.31. The molecular weight excluding hydrogens is 550 g/mol. The highest BCUT2D eigenvalue weighted by Gasteiger charge is 2.29. The van der Waals surface area contributed by atoms with Gasteiger partial charge in [0.2, 0.25) is 15.9 Å². The number of benzene rings is 3. The summed E-state index contributed by atoms with van der Waals surface area (Å²) in [6.07, 6.45) is 1.19. The van der Waals surface area contributed by atoms with E-state index in [1.165, 1.54) is 17.5 Å².